The van der Waals surface area contributed by atoms with Gasteiger partial charge in [0.25, 0.3) is 0 Å². The number of nitrogens with zero attached hydrogens (tertiary/aromatic N) is 1. The highest BCUT2D eigenvalue weighted by atomic mass is 35.5. The molecular formula is C16H22ClF2N3O2. The van der Waals surface area contributed by atoms with E-state index < -0.39 is 17.7 Å². The van der Waals surface area contributed by atoms with Crippen molar-refractivity contribution in [1.82, 2.24) is 15.5 Å². The third kappa shape index (κ3) is 5.14. The van der Waals surface area contributed by atoms with Crippen LogP contribution < -0.4 is 10.6 Å². The molecule has 1 aromatic carbocycles. The monoisotopic (exact) mass is 361 g/mol. The number of carbonyl (C=O) groups is 2. The number of carbonyl (C=O) groups excluding carboxylic acids is 2. The topological polar surface area (TPSA) is 61.4 Å². The minimum absolute atomic E-state index is 0. The Kier molecular flexibility index (Phi) is 7.57. The summed E-state index contributed by atoms with van der Waals surface area (Å²) in [5.41, 5.74) is 0.109. The number of amides is 2. The fourth-order valence-corrected chi connectivity index (χ4v) is 2.77. The zero-order chi connectivity index (χ0) is 17.0. The lowest BCUT2D eigenvalue weighted by atomic mass is 10.0. The molecule has 1 heterocycles. The van der Waals surface area contributed by atoms with Crippen LogP contribution in [0.3, 0.4) is 0 Å². The molecule has 1 aliphatic heterocycles. The van der Waals surface area contributed by atoms with Crippen molar-refractivity contribution in [1.29, 1.82) is 0 Å². The van der Waals surface area contributed by atoms with Crippen molar-refractivity contribution in [3.63, 3.8) is 0 Å². The van der Waals surface area contributed by atoms with Gasteiger partial charge in [0, 0.05) is 44.2 Å². The highest BCUT2D eigenvalue weighted by Gasteiger charge is 2.27. The molecule has 0 aliphatic carbocycles. The van der Waals surface area contributed by atoms with Gasteiger partial charge in [-0.15, -0.1) is 12.4 Å². The van der Waals surface area contributed by atoms with E-state index in [9.17, 15) is 18.4 Å². The summed E-state index contributed by atoms with van der Waals surface area (Å²) in [6.45, 7) is 5.19. The second-order valence-corrected chi connectivity index (χ2v) is 5.76. The zero-order valence-electron chi connectivity index (χ0n) is 13.6. The summed E-state index contributed by atoms with van der Waals surface area (Å²) in [6.07, 6.45) is -0.0630. The van der Waals surface area contributed by atoms with E-state index >= 15 is 0 Å². The van der Waals surface area contributed by atoms with Gasteiger partial charge >= 0.3 is 0 Å². The number of benzene rings is 1. The molecule has 24 heavy (non-hydrogen) atoms. The number of halogens is 3. The molecule has 2 amide bonds. The number of rotatable bonds is 4. The Morgan fingerprint density at radius 1 is 1.42 bits per heavy atom. The highest BCUT2D eigenvalue weighted by molar-refractivity contribution is 5.85. The predicted octanol–water partition coefficient (Wildman–Crippen LogP) is 1.77. The first-order chi connectivity index (χ1) is 10.9. The Morgan fingerprint density at radius 2 is 2.12 bits per heavy atom. The molecule has 0 saturated carbocycles. The lowest BCUT2D eigenvalue weighted by molar-refractivity contribution is -0.134. The Morgan fingerprint density at radius 3 is 2.71 bits per heavy atom. The number of hydrogen-bond acceptors (Lipinski definition) is 3. The Hall–Kier alpha value is -1.73. The van der Waals surface area contributed by atoms with Gasteiger partial charge < -0.3 is 15.5 Å². The Balaban J connectivity index is 0.00000288. The van der Waals surface area contributed by atoms with Crippen LogP contribution in [0.2, 0.25) is 0 Å². The van der Waals surface area contributed by atoms with Crippen LogP contribution in [0, 0.1) is 11.6 Å². The smallest absolute Gasteiger partial charge is 0.225 e. The van der Waals surface area contributed by atoms with E-state index in [4.69, 9.17) is 0 Å². The summed E-state index contributed by atoms with van der Waals surface area (Å²) >= 11 is 0. The van der Waals surface area contributed by atoms with Gasteiger partial charge in [0.05, 0.1) is 12.5 Å². The molecule has 0 radical (unpaired) electrons. The van der Waals surface area contributed by atoms with E-state index in [0.717, 1.165) is 12.1 Å². The maximum Gasteiger partial charge on any atom is 0.225 e. The lowest BCUT2D eigenvalue weighted by Gasteiger charge is -2.35. The molecule has 1 saturated heterocycles. The van der Waals surface area contributed by atoms with Gasteiger partial charge in [0.15, 0.2) is 0 Å². The first-order valence-corrected chi connectivity index (χ1v) is 7.60. The molecular weight excluding hydrogens is 340 g/mol. The van der Waals surface area contributed by atoms with Crippen molar-refractivity contribution in [2.75, 3.05) is 19.6 Å². The quantitative estimate of drug-likeness (QED) is 0.859. The standard InChI is InChI=1S/C16H21F2N3O2.ClH/c1-10-9-19-5-6-21(10)16(23)8-15(20-11(2)22)13-4-3-12(17)7-14(13)18;/h3-4,7,10,15,19H,5-6,8-9H2,1-2H3,(H,20,22);1H. The number of hydrogen-bond donors (Lipinski definition) is 2. The Bertz CT molecular complexity index is 601. The second kappa shape index (κ2) is 8.94. The maximum absolute atomic E-state index is 14.0. The summed E-state index contributed by atoms with van der Waals surface area (Å²) in [5.74, 6) is -2.01. The summed E-state index contributed by atoms with van der Waals surface area (Å²) in [4.78, 5) is 25.6. The van der Waals surface area contributed by atoms with Gasteiger partial charge in [0.1, 0.15) is 11.6 Å². The second-order valence-electron chi connectivity index (χ2n) is 5.76. The fraction of sp³-hybridized carbons (Fsp3) is 0.500. The SMILES string of the molecule is CC(=O)NC(CC(=O)N1CCNCC1C)c1ccc(F)cc1F.Cl. The van der Waals surface area contributed by atoms with Crippen LogP contribution in [0.4, 0.5) is 8.78 Å². The average Bonchev–Trinajstić information content (AvgIpc) is 2.46. The van der Waals surface area contributed by atoms with Gasteiger partial charge in [-0.25, -0.2) is 8.78 Å². The van der Waals surface area contributed by atoms with E-state index in [1.54, 1.807) is 4.90 Å². The predicted molar refractivity (Wildman–Crippen MR) is 88.8 cm³/mol. The molecule has 2 atom stereocenters. The van der Waals surface area contributed by atoms with Crippen molar-refractivity contribution in [3.05, 3.63) is 35.4 Å². The number of nitrogens with one attached hydrogen (secondary N) is 2. The van der Waals surface area contributed by atoms with Crippen LogP contribution in [0.25, 0.3) is 0 Å². The van der Waals surface area contributed by atoms with E-state index in [1.165, 1.54) is 13.0 Å². The fourth-order valence-electron chi connectivity index (χ4n) is 2.77. The minimum Gasteiger partial charge on any atom is -0.349 e. The molecule has 0 aromatic heterocycles. The van der Waals surface area contributed by atoms with Crippen LogP contribution in [0.15, 0.2) is 18.2 Å². The van der Waals surface area contributed by atoms with Crippen molar-refractivity contribution < 1.29 is 18.4 Å². The first kappa shape index (κ1) is 20.3. The van der Waals surface area contributed by atoms with Crippen LogP contribution in [-0.4, -0.2) is 42.4 Å². The van der Waals surface area contributed by atoms with E-state index in [2.05, 4.69) is 10.6 Å². The summed E-state index contributed by atoms with van der Waals surface area (Å²) in [7, 11) is 0. The summed E-state index contributed by atoms with van der Waals surface area (Å²) in [6, 6.07) is 2.35. The van der Waals surface area contributed by atoms with E-state index in [1.807, 2.05) is 6.92 Å². The van der Waals surface area contributed by atoms with Gasteiger partial charge in [-0.2, -0.15) is 0 Å². The highest BCUT2D eigenvalue weighted by Crippen LogP contribution is 2.23. The van der Waals surface area contributed by atoms with Crippen molar-refractivity contribution in [3.8, 4) is 0 Å². The molecule has 1 fully saturated rings. The summed E-state index contributed by atoms with van der Waals surface area (Å²) < 4.78 is 27.1. The molecule has 2 N–H and O–H groups in total. The maximum atomic E-state index is 14.0. The normalized spacial score (nSPS) is 18.5. The molecule has 0 bridgehead atoms. The van der Waals surface area contributed by atoms with Gasteiger partial charge in [0.2, 0.25) is 11.8 Å². The molecule has 2 rings (SSSR count). The number of piperazine rings is 1. The largest absolute Gasteiger partial charge is 0.349 e. The van der Waals surface area contributed by atoms with E-state index in [-0.39, 0.29) is 42.2 Å². The third-order valence-electron chi connectivity index (χ3n) is 3.92. The molecule has 2 unspecified atom stereocenters. The van der Waals surface area contributed by atoms with Crippen molar-refractivity contribution in [2.45, 2.75) is 32.4 Å². The van der Waals surface area contributed by atoms with Crippen LogP contribution in [0.1, 0.15) is 31.9 Å². The average molecular weight is 362 g/mol. The van der Waals surface area contributed by atoms with Crippen LogP contribution in [0.5, 0.6) is 0 Å². The lowest BCUT2D eigenvalue weighted by Crippen LogP contribution is -2.52. The molecule has 8 heteroatoms. The van der Waals surface area contributed by atoms with Crippen LogP contribution >= 0.6 is 12.4 Å². The van der Waals surface area contributed by atoms with Crippen molar-refractivity contribution in [2.24, 2.45) is 0 Å². The van der Waals surface area contributed by atoms with Crippen LogP contribution in [-0.2, 0) is 9.59 Å². The van der Waals surface area contributed by atoms with Gasteiger partial charge in [-0.1, -0.05) is 6.07 Å². The van der Waals surface area contributed by atoms with Crippen molar-refractivity contribution >= 4 is 24.2 Å². The molecule has 5 nitrogen and oxygen atoms in total. The third-order valence-corrected chi connectivity index (χ3v) is 3.92. The Labute approximate surface area is 146 Å². The first-order valence-electron chi connectivity index (χ1n) is 7.60. The minimum atomic E-state index is -0.817. The van der Waals surface area contributed by atoms with E-state index in [0.29, 0.717) is 19.6 Å². The molecule has 134 valence electrons. The van der Waals surface area contributed by atoms with Gasteiger partial charge in [-0.3, -0.25) is 9.59 Å². The molecule has 1 aromatic rings. The molecule has 0 spiro atoms. The molecule has 1 aliphatic rings. The summed E-state index contributed by atoms with van der Waals surface area (Å²) in [5, 5.41) is 5.76. The van der Waals surface area contributed by atoms with Gasteiger partial charge in [-0.05, 0) is 13.0 Å². The zero-order valence-corrected chi connectivity index (χ0v) is 14.5.